The van der Waals surface area contributed by atoms with Gasteiger partial charge in [0, 0.05) is 12.5 Å². The van der Waals surface area contributed by atoms with Gasteiger partial charge in [-0.1, -0.05) is 0 Å². The molecule has 0 radical (unpaired) electrons. The molecule has 0 aromatic carbocycles. The van der Waals surface area contributed by atoms with E-state index in [2.05, 4.69) is 10.1 Å². The molecule has 0 aliphatic heterocycles. The second-order valence-electron chi connectivity index (χ2n) is 4.31. The van der Waals surface area contributed by atoms with Crippen molar-refractivity contribution in [3.8, 4) is 0 Å². The first-order chi connectivity index (χ1) is 8.08. The summed E-state index contributed by atoms with van der Waals surface area (Å²) in [5.74, 6) is -0.844. The van der Waals surface area contributed by atoms with Gasteiger partial charge in [-0.15, -0.1) is 0 Å². The van der Waals surface area contributed by atoms with Crippen LogP contribution in [-0.2, 0) is 14.3 Å². The van der Waals surface area contributed by atoms with Gasteiger partial charge in [-0.2, -0.15) is 0 Å². The maximum Gasteiger partial charge on any atom is 0.308 e. The summed E-state index contributed by atoms with van der Waals surface area (Å²) in [6, 6.07) is 0. The minimum atomic E-state index is -0.934. The van der Waals surface area contributed by atoms with Crippen LogP contribution in [0.3, 0.4) is 0 Å². The maximum absolute atomic E-state index is 11.7. The molecule has 0 saturated heterocycles. The lowest BCUT2D eigenvalue weighted by Gasteiger charge is -2.13. The topological polar surface area (TPSA) is 95.9 Å². The Morgan fingerprint density at radius 1 is 1.41 bits per heavy atom. The van der Waals surface area contributed by atoms with Crippen molar-refractivity contribution in [3.05, 3.63) is 0 Å². The molecule has 3 atom stereocenters. The van der Waals surface area contributed by atoms with E-state index >= 15 is 0 Å². The number of methoxy groups -OCH3 is 1. The van der Waals surface area contributed by atoms with Crippen molar-refractivity contribution in [2.75, 3.05) is 20.3 Å². The lowest BCUT2D eigenvalue weighted by Crippen LogP contribution is -2.37. The lowest BCUT2D eigenvalue weighted by molar-refractivity contribution is -0.145. The van der Waals surface area contributed by atoms with E-state index in [1.54, 1.807) is 0 Å². The number of rotatable bonds is 5. The van der Waals surface area contributed by atoms with Gasteiger partial charge < -0.3 is 20.3 Å². The molecule has 3 N–H and O–H groups in total. The molecule has 6 heteroatoms. The smallest absolute Gasteiger partial charge is 0.308 e. The first-order valence-corrected chi connectivity index (χ1v) is 5.73. The monoisotopic (exact) mass is 245 g/mol. The third kappa shape index (κ3) is 3.98. The Labute approximate surface area is 100.0 Å². The molecule has 17 heavy (non-hydrogen) atoms. The molecule has 1 rings (SSSR count). The van der Waals surface area contributed by atoms with E-state index in [0.29, 0.717) is 19.3 Å². The van der Waals surface area contributed by atoms with Crippen LogP contribution in [0.15, 0.2) is 0 Å². The van der Waals surface area contributed by atoms with E-state index in [0.717, 1.165) is 0 Å². The summed E-state index contributed by atoms with van der Waals surface area (Å²) in [7, 11) is 1.34. The van der Waals surface area contributed by atoms with E-state index < -0.39 is 6.10 Å². The first kappa shape index (κ1) is 13.9. The number of aliphatic hydroxyl groups is 2. The van der Waals surface area contributed by atoms with Crippen molar-refractivity contribution in [2.24, 2.45) is 11.8 Å². The molecular formula is C11H19NO5. The zero-order chi connectivity index (χ0) is 12.8. The number of carbonyl (C=O) groups excluding carboxylic acids is 2. The Morgan fingerprint density at radius 2 is 2.06 bits per heavy atom. The molecule has 0 aromatic heterocycles. The van der Waals surface area contributed by atoms with Crippen LogP contribution in [0.5, 0.6) is 0 Å². The van der Waals surface area contributed by atoms with E-state index in [1.165, 1.54) is 7.11 Å². The number of nitrogens with one attached hydrogen (secondary N) is 1. The van der Waals surface area contributed by atoms with Gasteiger partial charge in [-0.25, -0.2) is 0 Å². The quantitative estimate of drug-likeness (QED) is 0.542. The number of aliphatic hydroxyl groups excluding tert-OH is 2. The number of hydrogen-bond donors (Lipinski definition) is 3. The van der Waals surface area contributed by atoms with E-state index in [-0.39, 0.29) is 36.9 Å². The molecule has 1 fully saturated rings. The molecule has 0 bridgehead atoms. The Balaban J connectivity index is 2.33. The highest BCUT2D eigenvalue weighted by Crippen LogP contribution is 2.31. The number of carbonyl (C=O) groups is 2. The van der Waals surface area contributed by atoms with Crippen molar-refractivity contribution in [1.82, 2.24) is 5.32 Å². The zero-order valence-electron chi connectivity index (χ0n) is 9.89. The molecule has 6 nitrogen and oxygen atoms in total. The summed E-state index contributed by atoms with van der Waals surface area (Å²) in [6.07, 6.45) is 0.874. The van der Waals surface area contributed by atoms with Gasteiger partial charge in [0.2, 0.25) is 5.91 Å². The minimum Gasteiger partial charge on any atom is -0.469 e. The van der Waals surface area contributed by atoms with Crippen LogP contribution in [0.2, 0.25) is 0 Å². The van der Waals surface area contributed by atoms with Crippen LogP contribution >= 0.6 is 0 Å². The van der Waals surface area contributed by atoms with E-state index in [1.807, 2.05) is 0 Å². The number of amides is 1. The highest BCUT2D eigenvalue weighted by atomic mass is 16.5. The van der Waals surface area contributed by atoms with Gasteiger partial charge in [0.1, 0.15) is 0 Å². The van der Waals surface area contributed by atoms with Crippen LogP contribution in [0.25, 0.3) is 0 Å². The van der Waals surface area contributed by atoms with Crippen LogP contribution in [0, 0.1) is 11.8 Å². The van der Waals surface area contributed by atoms with Crippen molar-refractivity contribution < 1.29 is 24.5 Å². The van der Waals surface area contributed by atoms with Crippen molar-refractivity contribution in [1.29, 1.82) is 0 Å². The SMILES string of the molecule is COC(=O)C1CCC(C(=O)NCC(O)CO)C1. The third-order valence-corrected chi connectivity index (χ3v) is 3.06. The lowest BCUT2D eigenvalue weighted by atomic mass is 10.0. The van der Waals surface area contributed by atoms with Gasteiger partial charge in [-0.3, -0.25) is 9.59 Å². The predicted molar refractivity (Wildman–Crippen MR) is 58.9 cm³/mol. The van der Waals surface area contributed by atoms with Gasteiger partial charge in [0.15, 0.2) is 0 Å². The van der Waals surface area contributed by atoms with Crippen molar-refractivity contribution in [3.63, 3.8) is 0 Å². The number of ether oxygens (including phenoxy) is 1. The molecule has 1 saturated carbocycles. The average Bonchev–Trinajstić information content (AvgIpc) is 2.83. The Hall–Kier alpha value is -1.14. The molecule has 0 aromatic rings. The maximum atomic E-state index is 11.7. The second-order valence-corrected chi connectivity index (χ2v) is 4.31. The molecular weight excluding hydrogens is 226 g/mol. The minimum absolute atomic E-state index is 0.0364. The van der Waals surface area contributed by atoms with Gasteiger partial charge in [-0.05, 0) is 19.3 Å². The average molecular weight is 245 g/mol. The van der Waals surface area contributed by atoms with Crippen molar-refractivity contribution in [2.45, 2.75) is 25.4 Å². The Kier molecular flexibility index (Phi) is 5.37. The highest BCUT2D eigenvalue weighted by molar-refractivity contribution is 5.81. The summed E-state index contributed by atoms with van der Waals surface area (Å²) < 4.78 is 4.63. The Bertz CT molecular complexity index is 281. The molecule has 0 heterocycles. The summed E-state index contributed by atoms with van der Waals surface area (Å²) >= 11 is 0. The third-order valence-electron chi connectivity index (χ3n) is 3.06. The molecule has 1 amide bonds. The van der Waals surface area contributed by atoms with Crippen LogP contribution in [0.4, 0.5) is 0 Å². The zero-order valence-corrected chi connectivity index (χ0v) is 9.89. The van der Waals surface area contributed by atoms with E-state index in [4.69, 9.17) is 10.2 Å². The fourth-order valence-electron chi connectivity index (χ4n) is 2.03. The second kappa shape index (κ2) is 6.56. The molecule has 0 spiro atoms. The fraction of sp³-hybridized carbons (Fsp3) is 0.818. The van der Waals surface area contributed by atoms with Crippen molar-refractivity contribution >= 4 is 11.9 Å². The van der Waals surface area contributed by atoms with Gasteiger partial charge in [0.25, 0.3) is 0 Å². The predicted octanol–water partition coefficient (Wildman–Crippen LogP) is -0.955. The number of esters is 1. The normalized spacial score (nSPS) is 25.4. The van der Waals surface area contributed by atoms with E-state index in [9.17, 15) is 9.59 Å². The van der Waals surface area contributed by atoms with Crippen LogP contribution in [-0.4, -0.2) is 48.5 Å². The summed E-state index contributed by atoms with van der Waals surface area (Å²) in [5, 5.41) is 20.2. The van der Waals surface area contributed by atoms with Crippen LogP contribution in [0.1, 0.15) is 19.3 Å². The molecule has 1 aliphatic rings. The summed E-state index contributed by atoms with van der Waals surface area (Å²) in [5.41, 5.74) is 0. The number of hydrogen-bond acceptors (Lipinski definition) is 5. The fourth-order valence-corrected chi connectivity index (χ4v) is 2.03. The molecule has 3 unspecified atom stereocenters. The first-order valence-electron chi connectivity index (χ1n) is 5.73. The van der Waals surface area contributed by atoms with Gasteiger partial charge >= 0.3 is 5.97 Å². The summed E-state index contributed by atoms with van der Waals surface area (Å²) in [6.45, 7) is -0.343. The molecule has 1 aliphatic carbocycles. The summed E-state index contributed by atoms with van der Waals surface area (Å²) in [4.78, 5) is 22.9. The van der Waals surface area contributed by atoms with Crippen LogP contribution < -0.4 is 5.32 Å². The highest BCUT2D eigenvalue weighted by Gasteiger charge is 2.34. The largest absolute Gasteiger partial charge is 0.469 e. The van der Waals surface area contributed by atoms with Gasteiger partial charge in [0.05, 0.1) is 25.7 Å². The Morgan fingerprint density at radius 3 is 2.65 bits per heavy atom. The molecule has 98 valence electrons. The standard InChI is InChI=1S/C11H19NO5/c1-17-11(16)8-3-2-7(4-8)10(15)12-5-9(14)6-13/h7-9,13-14H,2-6H2,1H3,(H,12,15).